The van der Waals surface area contributed by atoms with Crippen LogP contribution in [0.15, 0.2) is 24.3 Å². The maximum atomic E-state index is 11.9. The van der Waals surface area contributed by atoms with Gasteiger partial charge in [-0.05, 0) is 37.1 Å². The quantitative estimate of drug-likeness (QED) is 0.862. The normalized spacial score (nSPS) is 17.8. The maximum Gasteiger partial charge on any atom is 0.241 e. The second-order valence-electron chi connectivity index (χ2n) is 5.30. The van der Waals surface area contributed by atoms with E-state index in [2.05, 4.69) is 10.6 Å². The number of carbonyl (C=O) groups is 2. The zero-order valence-corrected chi connectivity index (χ0v) is 12.0. The summed E-state index contributed by atoms with van der Waals surface area (Å²) >= 11 is 0. The number of carbonyl (C=O) groups excluding carboxylic acids is 2. The van der Waals surface area contributed by atoms with Crippen molar-refractivity contribution in [3.63, 3.8) is 0 Å². The fourth-order valence-corrected chi connectivity index (χ4v) is 2.18. The second kappa shape index (κ2) is 6.52. The number of amides is 2. The molecule has 0 saturated carbocycles. The fraction of sp³-hybridized carbons (Fsp3) is 0.467. The second-order valence-corrected chi connectivity index (χ2v) is 5.30. The average Bonchev–Trinajstić information content (AvgIpc) is 2.95. The highest BCUT2D eigenvalue weighted by molar-refractivity contribution is 5.95. The first-order chi connectivity index (χ1) is 9.56. The van der Waals surface area contributed by atoms with Crippen LogP contribution in [0.5, 0.6) is 0 Å². The molecule has 20 heavy (non-hydrogen) atoms. The summed E-state index contributed by atoms with van der Waals surface area (Å²) < 4.78 is 0. The van der Waals surface area contributed by atoms with Crippen molar-refractivity contribution >= 4 is 17.5 Å². The lowest BCUT2D eigenvalue weighted by Crippen LogP contribution is -2.35. The highest BCUT2D eigenvalue weighted by Gasteiger charge is 2.21. The molecular formula is C15H21N3O2. The Morgan fingerprint density at radius 2 is 2.00 bits per heavy atom. The van der Waals surface area contributed by atoms with Crippen molar-refractivity contribution in [2.75, 3.05) is 26.0 Å². The lowest BCUT2D eigenvalue weighted by atomic mass is 10.1. The van der Waals surface area contributed by atoms with Gasteiger partial charge in [0.05, 0.1) is 12.5 Å². The zero-order chi connectivity index (χ0) is 14.5. The van der Waals surface area contributed by atoms with Gasteiger partial charge < -0.3 is 15.5 Å². The van der Waals surface area contributed by atoms with E-state index in [1.54, 1.807) is 19.0 Å². The smallest absolute Gasteiger partial charge is 0.241 e. The summed E-state index contributed by atoms with van der Waals surface area (Å²) in [6, 6.07) is 7.35. The molecule has 2 N–H and O–H groups in total. The van der Waals surface area contributed by atoms with Crippen LogP contribution in [0, 0.1) is 0 Å². The van der Waals surface area contributed by atoms with Crippen molar-refractivity contribution in [1.29, 1.82) is 0 Å². The molecule has 1 aromatic carbocycles. The van der Waals surface area contributed by atoms with Crippen LogP contribution in [0.3, 0.4) is 0 Å². The van der Waals surface area contributed by atoms with E-state index >= 15 is 0 Å². The number of hydrogen-bond acceptors (Lipinski definition) is 3. The van der Waals surface area contributed by atoms with Gasteiger partial charge in [-0.2, -0.15) is 0 Å². The summed E-state index contributed by atoms with van der Waals surface area (Å²) in [5, 5.41) is 6.05. The number of hydrogen-bond donors (Lipinski definition) is 2. The molecule has 0 aliphatic carbocycles. The van der Waals surface area contributed by atoms with E-state index in [-0.39, 0.29) is 17.9 Å². The fourth-order valence-electron chi connectivity index (χ4n) is 2.18. The molecule has 0 bridgehead atoms. The van der Waals surface area contributed by atoms with Crippen molar-refractivity contribution in [2.24, 2.45) is 0 Å². The Bertz CT molecular complexity index is 476. The molecule has 1 saturated heterocycles. The molecule has 0 unspecified atom stereocenters. The Labute approximate surface area is 119 Å². The van der Waals surface area contributed by atoms with Crippen LogP contribution in [0.25, 0.3) is 0 Å². The first-order valence-electron chi connectivity index (χ1n) is 6.89. The lowest BCUT2D eigenvalue weighted by molar-refractivity contribution is -0.128. The number of anilines is 1. The van der Waals surface area contributed by atoms with E-state index < -0.39 is 0 Å². The highest BCUT2D eigenvalue weighted by atomic mass is 16.2. The minimum absolute atomic E-state index is 0.0135. The van der Waals surface area contributed by atoms with Gasteiger partial charge >= 0.3 is 0 Å². The van der Waals surface area contributed by atoms with Gasteiger partial charge in [-0.25, -0.2) is 0 Å². The largest absolute Gasteiger partial charge is 0.349 e. The highest BCUT2D eigenvalue weighted by Crippen LogP contribution is 2.13. The average molecular weight is 275 g/mol. The van der Waals surface area contributed by atoms with Crippen LogP contribution in [0.2, 0.25) is 0 Å². The minimum atomic E-state index is -0.0787. The summed E-state index contributed by atoms with van der Waals surface area (Å²) in [7, 11) is 3.48. The van der Waals surface area contributed by atoms with Gasteiger partial charge in [-0.15, -0.1) is 0 Å². The van der Waals surface area contributed by atoms with Crippen LogP contribution in [0.1, 0.15) is 18.4 Å². The Kier molecular flexibility index (Phi) is 4.74. The Morgan fingerprint density at radius 3 is 2.55 bits per heavy atom. The number of nitrogens with one attached hydrogen (secondary N) is 2. The van der Waals surface area contributed by atoms with Gasteiger partial charge in [-0.1, -0.05) is 12.1 Å². The van der Waals surface area contributed by atoms with Crippen LogP contribution in [-0.2, 0) is 16.0 Å². The molecule has 1 aromatic rings. The Hall–Kier alpha value is -1.88. The van der Waals surface area contributed by atoms with Crippen molar-refractivity contribution in [1.82, 2.24) is 10.2 Å². The summed E-state index contributed by atoms with van der Waals surface area (Å²) in [5.41, 5.74) is 1.71. The molecule has 0 radical (unpaired) electrons. The van der Waals surface area contributed by atoms with Gasteiger partial charge in [0.1, 0.15) is 0 Å². The van der Waals surface area contributed by atoms with Gasteiger partial charge in [0.2, 0.25) is 11.8 Å². The van der Waals surface area contributed by atoms with Crippen molar-refractivity contribution in [3.05, 3.63) is 29.8 Å². The molecule has 1 atom stereocenters. The summed E-state index contributed by atoms with van der Waals surface area (Å²) in [5.74, 6) is 0.0801. The molecular weight excluding hydrogens is 254 g/mol. The number of rotatable bonds is 4. The standard InChI is InChI=1S/C15H21N3O2/c1-18(2)14(19)10-11-5-7-12(8-6-11)17-15(20)13-4-3-9-16-13/h5-8,13,16H,3-4,9-10H2,1-2H3,(H,17,20)/t13-/m0/s1. The van der Waals surface area contributed by atoms with Crippen LogP contribution in [0.4, 0.5) is 5.69 Å². The summed E-state index contributed by atoms with van der Waals surface area (Å²) in [4.78, 5) is 25.1. The van der Waals surface area contributed by atoms with Crippen LogP contribution in [-0.4, -0.2) is 43.4 Å². The monoisotopic (exact) mass is 275 g/mol. The molecule has 0 spiro atoms. The molecule has 0 aromatic heterocycles. The lowest BCUT2D eigenvalue weighted by Gasteiger charge is -2.12. The Balaban J connectivity index is 1.91. The number of nitrogens with zero attached hydrogens (tertiary/aromatic N) is 1. The first-order valence-corrected chi connectivity index (χ1v) is 6.89. The van der Waals surface area contributed by atoms with E-state index in [1.165, 1.54) is 0 Å². The molecule has 5 heteroatoms. The van der Waals surface area contributed by atoms with E-state index in [0.29, 0.717) is 6.42 Å². The third-order valence-electron chi connectivity index (χ3n) is 3.45. The molecule has 5 nitrogen and oxygen atoms in total. The van der Waals surface area contributed by atoms with E-state index in [1.807, 2.05) is 24.3 Å². The predicted octanol–water partition coefficient (Wildman–Crippen LogP) is 1.01. The molecule has 2 amide bonds. The van der Waals surface area contributed by atoms with Crippen molar-refractivity contribution < 1.29 is 9.59 Å². The van der Waals surface area contributed by atoms with E-state index in [0.717, 1.165) is 30.6 Å². The number of benzene rings is 1. The zero-order valence-electron chi connectivity index (χ0n) is 12.0. The van der Waals surface area contributed by atoms with Gasteiger partial charge in [0, 0.05) is 19.8 Å². The van der Waals surface area contributed by atoms with E-state index in [9.17, 15) is 9.59 Å². The molecule has 2 rings (SSSR count). The first kappa shape index (κ1) is 14.5. The molecule has 1 aliphatic heterocycles. The Morgan fingerprint density at radius 1 is 1.30 bits per heavy atom. The topological polar surface area (TPSA) is 61.4 Å². The van der Waals surface area contributed by atoms with Crippen LogP contribution >= 0.6 is 0 Å². The third-order valence-corrected chi connectivity index (χ3v) is 3.45. The molecule has 1 heterocycles. The summed E-state index contributed by atoms with van der Waals surface area (Å²) in [6.45, 7) is 0.906. The molecule has 1 fully saturated rings. The van der Waals surface area contributed by atoms with Gasteiger partial charge in [0.15, 0.2) is 0 Å². The van der Waals surface area contributed by atoms with E-state index in [4.69, 9.17) is 0 Å². The predicted molar refractivity (Wildman–Crippen MR) is 78.5 cm³/mol. The molecule has 108 valence electrons. The van der Waals surface area contributed by atoms with Crippen molar-refractivity contribution in [2.45, 2.75) is 25.3 Å². The number of likely N-dealkylation sites (N-methyl/N-ethyl adjacent to an activating group) is 1. The van der Waals surface area contributed by atoms with Gasteiger partial charge in [-0.3, -0.25) is 9.59 Å². The molecule has 1 aliphatic rings. The summed E-state index contributed by atoms with van der Waals surface area (Å²) in [6.07, 6.45) is 2.32. The maximum absolute atomic E-state index is 11.9. The van der Waals surface area contributed by atoms with Gasteiger partial charge in [0.25, 0.3) is 0 Å². The minimum Gasteiger partial charge on any atom is -0.349 e. The third kappa shape index (κ3) is 3.81. The SMILES string of the molecule is CN(C)C(=O)Cc1ccc(NC(=O)[C@@H]2CCCN2)cc1. The van der Waals surface area contributed by atoms with Crippen LogP contribution < -0.4 is 10.6 Å². The van der Waals surface area contributed by atoms with Crippen molar-refractivity contribution in [3.8, 4) is 0 Å².